The highest BCUT2D eigenvalue weighted by atomic mass is 19.4. The Labute approximate surface area is 195 Å². The fourth-order valence-corrected chi connectivity index (χ4v) is 4.61. The number of rotatable bonds is 3. The Hall–Kier alpha value is -4.35. The van der Waals surface area contributed by atoms with E-state index in [1.165, 1.54) is 42.5 Å². The van der Waals surface area contributed by atoms with E-state index in [0.717, 1.165) is 11.8 Å². The molecule has 1 atom stereocenters. The molecule has 1 N–H and O–H groups in total. The first kappa shape index (κ1) is 21.2. The van der Waals surface area contributed by atoms with Gasteiger partial charge in [0, 0.05) is 24.9 Å². The lowest BCUT2D eigenvalue weighted by Crippen LogP contribution is -2.41. The molecule has 1 aliphatic rings. The Morgan fingerprint density at radius 2 is 2.06 bits per heavy atom. The van der Waals surface area contributed by atoms with Gasteiger partial charge in [-0.2, -0.15) is 23.4 Å². The third kappa shape index (κ3) is 3.32. The molecule has 0 aliphatic carbocycles. The highest BCUT2D eigenvalue weighted by Gasteiger charge is 2.39. The molecule has 9 nitrogen and oxygen atoms in total. The monoisotopic (exact) mass is 481 g/mol. The SMILES string of the molecule is COc1ccc2c(C(=O)N3CCc4[nH]cnc4[C@@H]3c3cc4c(C(F)(F)F)cccn4n3)cnn2c1. The molecule has 35 heavy (non-hydrogen) atoms. The van der Waals surface area contributed by atoms with Crippen molar-refractivity contribution in [3.63, 3.8) is 0 Å². The van der Waals surface area contributed by atoms with Crippen LogP contribution in [-0.2, 0) is 12.6 Å². The summed E-state index contributed by atoms with van der Waals surface area (Å²) in [6.45, 7) is 0.326. The fourth-order valence-electron chi connectivity index (χ4n) is 4.61. The van der Waals surface area contributed by atoms with Gasteiger partial charge in [0.25, 0.3) is 5.91 Å². The number of aromatic amines is 1. The van der Waals surface area contributed by atoms with Crippen molar-refractivity contribution < 1.29 is 22.7 Å². The number of nitrogens with one attached hydrogen (secondary N) is 1. The van der Waals surface area contributed by atoms with Crippen LogP contribution in [-0.4, -0.2) is 53.7 Å². The van der Waals surface area contributed by atoms with Crippen LogP contribution in [0, 0.1) is 0 Å². The average Bonchev–Trinajstić information content (AvgIpc) is 3.59. The molecule has 0 spiro atoms. The topological polar surface area (TPSA) is 92.8 Å². The van der Waals surface area contributed by atoms with Crippen LogP contribution in [0.3, 0.4) is 0 Å². The average molecular weight is 481 g/mol. The zero-order valence-electron chi connectivity index (χ0n) is 18.3. The first-order valence-corrected chi connectivity index (χ1v) is 10.7. The molecule has 6 heterocycles. The van der Waals surface area contributed by atoms with E-state index in [-0.39, 0.29) is 11.4 Å². The van der Waals surface area contributed by atoms with Crippen LogP contribution < -0.4 is 4.74 Å². The van der Waals surface area contributed by atoms with E-state index in [1.807, 2.05) is 0 Å². The van der Waals surface area contributed by atoms with Crippen molar-refractivity contribution >= 4 is 16.9 Å². The molecular weight excluding hydrogens is 463 g/mol. The van der Waals surface area contributed by atoms with Gasteiger partial charge >= 0.3 is 6.18 Å². The van der Waals surface area contributed by atoms with E-state index in [2.05, 4.69) is 20.2 Å². The summed E-state index contributed by atoms with van der Waals surface area (Å²) in [5.41, 5.74) is 1.71. The lowest BCUT2D eigenvalue weighted by Gasteiger charge is -2.33. The van der Waals surface area contributed by atoms with Gasteiger partial charge in [-0.15, -0.1) is 0 Å². The number of hydrogen-bond donors (Lipinski definition) is 1. The predicted molar refractivity (Wildman–Crippen MR) is 117 cm³/mol. The Balaban J connectivity index is 1.47. The van der Waals surface area contributed by atoms with Gasteiger partial charge in [0.2, 0.25) is 0 Å². The van der Waals surface area contributed by atoms with Crippen molar-refractivity contribution in [1.82, 2.24) is 34.1 Å². The Bertz CT molecular complexity index is 1580. The van der Waals surface area contributed by atoms with Gasteiger partial charge in [0.15, 0.2) is 0 Å². The number of fused-ring (bicyclic) bond motifs is 3. The van der Waals surface area contributed by atoms with Crippen molar-refractivity contribution in [3.05, 3.63) is 83.5 Å². The van der Waals surface area contributed by atoms with Gasteiger partial charge in [-0.25, -0.2) is 14.0 Å². The van der Waals surface area contributed by atoms with Crippen LogP contribution in [0.5, 0.6) is 5.75 Å². The van der Waals surface area contributed by atoms with Crippen LogP contribution in [0.2, 0.25) is 0 Å². The molecule has 0 saturated carbocycles. The van der Waals surface area contributed by atoms with Gasteiger partial charge < -0.3 is 14.6 Å². The minimum Gasteiger partial charge on any atom is -0.495 e. The lowest BCUT2D eigenvalue weighted by atomic mass is 9.98. The minimum absolute atomic E-state index is 0.0897. The first-order valence-electron chi connectivity index (χ1n) is 10.7. The second-order valence-corrected chi connectivity index (χ2v) is 8.19. The lowest BCUT2D eigenvalue weighted by molar-refractivity contribution is -0.136. The molecule has 0 saturated heterocycles. The largest absolute Gasteiger partial charge is 0.495 e. The minimum atomic E-state index is -4.54. The summed E-state index contributed by atoms with van der Waals surface area (Å²) >= 11 is 0. The zero-order chi connectivity index (χ0) is 24.3. The molecule has 5 aromatic heterocycles. The van der Waals surface area contributed by atoms with Gasteiger partial charge in [0.05, 0.1) is 59.4 Å². The maximum absolute atomic E-state index is 13.8. The highest BCUT2D eigenvalue weighted by Crippen LogP contribution is 2.37. The van der Waals surface area contributed by atoms with Gasteiger partial charge in [-0.1, -0.05) is 0 Å². The number of alkyl halides is 3. The molecule has 0 aromatic carbocycles. The third-order valence-electron chi connectivity index (χ3n) is 6.25. The number of halogens is 3. The molecular formula is C23H18F3N7O2. The summed E-state index contributed by atoms with van der Waals surface area (Å²) in [4.78, 5) is 22.8. The van der Waals surface area contributed by atoms with Crippen molar-refractivity contribution in [2.24, 2.45) is 0 Å². The third-order valence-corrected chi connectivity index (χ3v) is 6.25. The normalized spacial score (nSPS) is 16.1. The van der Waals surface area contributed by atoms with Crippen LogP contribution in [0.15, 0.2) is 55.2 Å². The Morgan fingerprint density at radius 1 is 1.20 bits per heavy atom. The molecule has 0 radical (unpaired) electrons. The summed E-state index contributed by atoms with van der Waals surface area (Å²) in [5.74, 6) is 0.263. The quantitative estimate of drug-likeness (QED) is 0.426. The number of carbonyl (C=O) groups excluding carboxylic acids is 1. The zero-order valence-corrected chi connectivity index (χ0v) is 18.3. The molecule has 6 rings (SSSR count). The van der Waals surface area contributed by atoms with Crippen molar-refractivity contribution in [2.75, 3.05) is 13.7 Å². The van der Waals surface area contributed by atoms with E-state index >= 15 is 0 Å². The molecule has 0 bridgehead atoms. The van der Waals surface area contributed by atoms with Crippen LogP contribution in [0.1, 0.15) is 39.0 Å². The predicted octanol–water partition coefficient (Wildman–Crippen LogP) is 3.52. The standard InChI is InChI=1S/C23H18F3N7O2/c1-35-13-4-5-18-14(10-29-33(18)11-13)22(34)31-8-6-16-20(28-12-27-16)21(31)17-9-19-15(23(24,25)26)3-2-7-32(19)30-17/h2-5,7,9-12,21H,6,8H2,1H3,(H,27,28)/t21-/m0/s1. The number of imidazole rings is 1. The molecule has 0 unspecified atom stereocenters. The molecule has 178 valence electrons. The maximum Gasteiger partial charge on any atom is 0.418 e. The number of methoxy groups -OCH3 is 1. The smallest absolute Gasteiger partial charge is 0.418 e. The van der Waals surface area contributed by atoms with Gasteiger partial charge in [-0.3, -0.25) is 4.79 Å². The van der Waals surface area contributed by atoms with Crippen molar-refractivity contribution in [3.8, 4) is 5.75 Å². The number of hydrogen-bond acceptors (Lipinski definition) is 5. The van der Waals surface area contributed by atoms with E-state index in [0.29, 0.717) is 41.2 Å². The summed E-state index contributed by atoms with van der Waals surface area (Å²) in [7, 11) is 1.54. The number of aromatic nitrogens is 6. The number of amides is 1. The van der Waals surface area contributed by atoms with E-state index in [9.17, 15) is 18.0 Å². The van der Waals surface area contributed by atoms with Gasteiger partial charge in [0.1, 0.15) is 11.8 Å². The number of pyridine rings is 2. The summed E-state index contributed by atoms with van der Waals surface area (Å²) in [6.07, 6.45) is 2.08. The molecule has 1 aliphatic heterocycles. The van der Waals surface area contributed by atoms with E-state index in [4.69, 9.17) is 4.74 Å². The first-order chi connectivity index (χ1) is 16.8. The molecule has 12 heteroatoms. The van der Waals surface area contributed by atoms with Crippen LogP contribution >= 0.6 is 0 Å². The van der Waals surface area contributed by atoms with Crippen LogP contribution in [0.4, 0.5) is 13.2 Å². The molecule has 5 aromatic rings. The second kappa shape index (κ2) is 7.58. The van der Waals surface area contributed by atoms with E-state index < -0.39 is 17.8 Å². The number of ether oxygens (including phenoxy) is 1. The number of carbonyl (C=O) groups is 1. The molecule has 1 amide bonds. The van der Waals surface area contributed by atoms with Crippen molar-refractivity contribution in [2.45, 2.75) is 18.6 Å². The summed E-state index contributed by atoms with van der Waals surface area (Å²) in [5, 5.41) is 8.69. The maximum atomic E-state index is 13.8. The number of nitrogens with zero attached hydrogens (tertiary/aromatic N) is 6. The molecule has 0 fully saturated rings. The number of H-pyrrole nitrogens is 1. The van der Waals surface area contributed by atoms with Crippen molar-refractivity contribution in [1.29, 1.82) is 0 Å². The van der Waals surface area contributed by atoms with Crippen LogP contribution in [0.25, 0.3) is 11.0 Å². The van der Waals surface area contributed by atoms with Gasteiger partial charge in [-0.05, 0) is 30.3 Å². The Morgan fingerprint density at radius 3 is 2.86 bits per heavy atom. The second-order valence-electron chi connectivity index (χ2n) is 8.19. The summed E-state index contributed by atoms with van der Waals surface area (Å²) in [6, 6.07) is 6.37. The Kier molecular flexibility index (Phi) is 4.59. The fraction of sp³-hybridized carbons (Fsp3) is 0.217. The highest BCUT2D eigenvalue weighted by molar-refractivity contribution is 6.01. The summed E-state index contributed by atoms with van der Waals surface area (Å²) < 4.78 is 48.8. The van der Waals surface area contributed by atoms with E-state index in [1.54, 1.807) is 27.7 Å².